The molecule has 0 aliphatic rings. The fourth-order valence-electron chi connectivity index (χ4n) is 1.74. The molecule has 1 aromatic rings. The topological polar surface area (TPSA) is 55.8 Å². The Labute approximate surface area is 109 Å². The monoisotopic (exact) mass is 302 g/mol. The van der Waals surface area contributed by atoms with E-state index in [4.69, 9.17) is 14.6 Å². The van der Waals surface area contributed by atoms with E-state index in [0.29, 0.717) is 21.5 Å². The van der Waals surface area contributed by atoms with Gasteiger partial charge in [0.2, 0.25) is 0 Å². The first-order chi connectivity index (χ1) is 7.93. The molecule has 0 saturated heterocycles. The maximum absolute atomic E-state index is 11.0. The van der Waals surface area contributed by atoms with Crippen molar-refractivity contribution in [3.8, 4) is 11.5 Å². The first-order valence-electron chi connectivity index (χ1n) is 5.07. The molecule has 0 spiro atoms. The number of aliphatic carboxylic acids is 1. The van der Waals surface area contributed by atoms with Crippen LogP contribution in [-0.2, 0) is 4.79 Å². The van der Waals surface area contributed by atoms with E-state index in [1.807, 2.05) is 6.92 Å². The van der Waals surface area contributed by atoms with E-state index < -0.39 is 11.9 Å². The summed E-state index contributed by atoms with van der Waals surface area (Å²) in [6.07, 6.45) is 0. The standard InChI is InChI=1S/C12H15BrO4/c1-6-8(7(2)12(14)15)5-9(13)11(17-4)10(6)16-3/h5,7H,1-4H3,(H,14,15). The molecule has 4 nitrogen and oxygen atoms in total. The van der Waals surface area contributed by atoms with Gasteiger partial charge in [0.15, 0.2) is 11.5 Å². The Hall–Kier alpha value is -1.23. The van der Waals surface area contributed by atoms with E-state index in [1.54, 1.807) is 20.1 Å². The smallest absolute Gasteiger partial charge is 0.310 e. The largest absolute Gasteiger partial charge is 0.493 e. The number of benzene rings is 1. The SMILES string of the molecule is COc1c(Br)cc(C(C)C(=O)O)c(C)c1OC. The van der Waals surface area contributed by atoms with Crippen molar-refractivity contribution in [2.24, 2.45) is 0 Å². The van der Waals surface area contributed by atoms with Gasteiger partial charge in [-0.15, -0.1) is 0 Å². The highest BCUT2D eigenvalue weighted by Crippen LogP contribution is 2.41. The van der Waals surface area contributed by atoms with Gasteiger partial charge in [0.1, 0.15) is 0 Å². The van der Waals surface area contributed by atoms with Crippen LogP contribution in [0.2, 0.25) is 0 Å². The summed E-state index contributed by atoms with van der Waals surface area (Å²) in [5.41, 5.74) is 1.49. The van der Waals surface area contributed by atoms with Crippen LogP contribution in [0.4, 0.5) is 0 Å². The van der Waals surface area contributed by atoms with Crippen LogP contribution in [0.3, 0.4) is 0 Å². The van der Waals surface area contributed by atoms with Gasteiger partial charge in [-0.1, -0.05) is 0 Å². The fourth-order valence-corrected chi connectivity index (χ4v) is 2.33. The minimum absolute atomic E-state index is 0.560. The molecular formula is C12H15BrO4. The van der Waals surface area contributed by atoms with Crippen molar-refractivity contribution in [3.63, 3.8) is 0 Å². The predicted molar refractivity (Wildman–Crippen MR) is 68.0 cm³/mol. The summed E-state index contributed by atoms with van der Waals surface area (Å²) in [6.45, 7) is 3.46. The number of carboxylic acids is 1. The van der Waals surface area contributed by atoms with E-state index in [-0.39, 0.29) is 0 Å². The molecule has 0 aromatic heterocycles. The number of rotatable bonds is 4. The maximum Gasteiger partial charge on any atom is 0.310 e. The van der Waals surface area contributed by atoms with E-state index in [1.165, 1.54) is 7.11 Å². The molecule has 0 heterocycles. The average Bonchev–Trinajstić information content (AvgIpc) is 2.29. The van der Waals surface area contributed by atoms with Gasteiger partial charge in [-0.2, -0.15) is 0 Å². The van der Waals surface area contributed by atoms with Crippen molar-refractivity contribution in [2.75, 3.05) is 14.2 Å². The summed E-state index contributed by atoms with van der Waals surface area (Å²) in [5, 5.41) is 9.05. The molecule has 94 valence electrons. The molecule has 1 rings (SSSR count). The highest BCUT2D eigenvalue weighted by Gasteiger charge is 2.22. The molecule has 5 heteroatoms. The van der Waals surface area contributed by atoms with Gasteiger partial charge in [-0.3, -0.25) is 4.79 Å². The quantitative estimate of drug-likeness (QED) is 0.929. The van der Waals surface area contributed by atoms with Crippen LogP contribution in [0, 0.1) is 6.92 Å². The first-order valence-corrected chi connectivity index (χ1v) is 5.87. The van der Waals surface area contributed by atoms with Crippen molar-refractivity contribution in [1.29, 1.82) is 0 Å². The Bertz CT molecular complexity index is 443. The predicted octanol–water partition coefficient (Wildman–Crippen LogP) is 2.96. The third-order valence-corrected chi connectivity index (χ3v) is 3.31. The Morgan fingerprint density at radius 3 is 2.29 bits per heavy atom. The molecule has 0 saturated carbocycles. The summed E-state index contributed by atoms with van der Waals surface area (Å²) in [6, 6.07) is 1.76. The highest BCUT2D eigenvalue weighted by molar-refractivity contribution is 9.10. The highest BCUT2D eigenvalue weighted by atomic mass is 79.9. The Balaban J connectivity index is 3.45. The van der Waals surface area contributed by atoms with Crippen LogP contribution in [0.25, 0.3) is 0 Å². The summed E-state index contributed by atoms with van der Waals surface area (Å²) in [7, 11) is 3.08. The van der Waals surface area contributed by atoms with Gasteiger partial charge in [0.05, 0.1) is 24.6 Å². The lowest BCUT2D eigenvalue weighted by molar-refractivity contribution is -0.138. The van der Waals surface area contributed by atoms with Crippen LogP contribution in [0.5, 0.6) is 11.5 Å². The third-order valence-electron chi connectivity index (χ3n) is 2.72. The summed E-state index contributed by atoms with van der Waals surface area (Å²) in [5.74, 6) is -0.324. The van der Waals surface area contributed by atoms with Crippen LogP contribution in [-0.4, -0.2) is 25.3 Å². The van der Waals surface area contributed by atoms with Crippen LogP contribution in [0.1, 0.15) is 24.0 Å². The van der Waals surface area contributed by atoms with Gasteiger partial charge < -0.3 is 14.6 Å². The molecule has 1 unspecified atom stereocenters. The van der Waals surface area contributed by atoms with Crippen molar-refractivity contribution >= 4 is 21.9 Å². The molecule has 17 heavy (non-hydrogen) atoms. The lowest BCUT2D eigenvalue weighted by Crippen LogP contribution is -2.10. The zero-order valence-electron chi connectivity index (χ0n) is 10.2. The average molecular weight is 303 g/mol. The number of carbonyl (C=O) groups is 1. The second-order valence-corrected chi connectivity index (χ2v) is 4.55. The molecule has 1 N–H and O–H groups in total. The van der Waals surface area contributed by atoms with Crippen molar-refractivity contribution in [3.05, 3.63) is 21.7 Å². The minimum Gasteiger partial charge on any atom is -0.493 e. The summed E-state index contributed by atoms with van der Waals surface area (Å²) < 4.78 is 11.2. The Morgan fingerprint density at radius 2 is 1.88 bits per heavy atom. The fraction of sp³-hybridized carbons (Fsp3) is 0.417. The van der Waals surface area contributed by atoms with Gasteiger partial charge >= 0.3 is 5.97 Å². The van der Waals surface area contributed by atoms with Crippen LogP contribution in [0.15, 0.2) is 10.5 Å². The van der Waals surface area contributed by atoms with Crippen molar-refractivity contribution in [1.82, 2.24) is 0 Å². The third kappa shape index (κ3) is 2.54. The normalized spacial score (nSPS) is 12.1. The van der Waals surface area contributed by atoms with E-state index in [0.717, 1.165) is 5.56 Å². The maximum atomic E-state index is 11.0. The minimum atomic E-state index is -0.868. The van der Waals surface area contributed by atoms with Gasteiger partial charge in [-0.05, 0) is 47.0 Å². The Morgan fingerprint density at radius 1 is 1.35 bits per heavy atom. The summed E-state index contributed by atoms with van der Waals surface area (Å²) in [4.78, 5) is 11.0. The first kappa shape index (κ1) is 13.8. The van der Waals surface area contributed by atoms with E-state index in [9.17, 15) is 4.79 Å². The van der Waals surface area contributed by atoms with Gasteiger partial charge in [0, 0.05) is 0 Å². The number of halogens is 1. The Kier molecular flexibility index (Phi) is 4.40. The number of methoxy groups -OCH3 is 2. The van der Waals surface area contributed by atoms with Gasteiger partial charge in [0.25, 0.3) is 0 Å². The van der Waals surface area contributed by atoms with Crippen molar-refractivity contribution < 1.29 is 19.4 Å². The zero-order valence-corrected chi connectivity index (χ0v) is 11.8. The molecule has 0 aliphatic heterocycles. The number of ether oxygens (including phenoxy) is 2. The molecular weight excluding hydrogens is 288 g/mol. The lowest BCUT2D eigenvalue weighted by atomic mass is 9.95. The molecule has 0 radical (unpaired) electrons. The second kappa shape index (κ2) is 5.40. The number of hydrogen-bond donors (Lipinski definition) is 1. The van der Waals surface area contributed by atoms with E-state index >= 15 is 0 Å². The molecule has 0 bridgehead atoms. The molecule has 0 fully saturated rings. The molecule has 1 atom stereocenters. The lowest BCUT2D eigenvalue weighted by Gasteiger charge is -2.18. The number of carboxylic acid groups (broad SMARTS) is 1. The van der Waals surface area contributed by atoms with Crippen LogP contribution < -0.4 is 9.47 Å². The molecule has 1 aromatic carbocycles. The molecule has 0 amide bonds. The van der Waals surface area contributed by atoms with Gasteiger partial charge in [-0.25, -0.2) is 0 Å². The number of hydrogen-bond acceptors (Lipinski definition) is 3. The zero-order chi connectivity index (χ0) is 13.2. The summed E-state index contributed by atoms with van der Waals surface area (Å²) >= 11 is 3.35. The van der Waals surface area contributed by atoms with E-state index in [2.05, 4.69) is 15.9 Å². The second-order valence-electron chi connectivity index (χ2n) is 3.70. The molecule has 0 aliphatic carbocycles. The van der Waals surface area contributed by atoms with Crippen molar-refractivity contribution in [2.45, 2.75) is 19.8 Å². The van der Waals surface area contributed by atoms with Crippen LogP contribution >= 0.6 is 15.9 Å².